The van der Waals surface area contributed by atoms with E-state index in [9.17, 15) is 9.59 Å². The molecule has 0 aliphatic carbocycles. The van der Waals surface area contributed by atoms with Crippen molar-refractivity contribution in [3.8, 4) is 0 Å². The van der Waals surface area contributed by atoms with E-state index in [1.54, 1.807) is 11.2 Å². The molecule has 0 saturated carbocycles. The number of likely N-dealkylation sites (tertiary alicyclic amines) is 1. The van der Waals surface area contributed by atoms with Gasteiger partial charge in [-0.2, -0.15) is 0 Å². The number of amides is 2. The lowest BCUT2D eigenvalue weighted by atomic mass is 9.99. The minimum absolute atomic E-state index is 0.0232. The number of fused-ring (bicyclic) bond motifs is 1. The summed E-state index contributed by atoms with van der Waals surface area (Å²) in [7, 11) is 0. The molecule has 1 saturated heterocycles. The molecule has 1 atom stereocenters. The molecule has 4 rings (SSSR count). The van der Waals surface area contributed by atoms with Crippen LogP contribution in [0.2, 0.25) is 0 Å². The highest BCUT2D eigenvalue weighted by Gasteiger charge is 2.38. The number of hydrogen-bond donors (Lipinski definition) is 0. The van der Waals surface area contributed by atoms with E-state index in [4.69, 9.17) is 4.42 Å². The van der Waals surface area contributed by atoms with Crippen LogP contribution in [0.1, 0.15) is 24.2 Å². The molecule has 5 heteroatoms. The van der Waals surface area contributed by atoms with Gasteiger partial charge in [0.25, 0.3) is 0 Å². The number of benzene rings is 1. The highest BCUT2D eigenvalue weighted by atomic mass is 16.3. The number of aryl methyl sites for hydroxylation is 1. The first kappa shape index (κ1) is 15.0. The Labute approximate surface area is 140 Å². The second-order valence-corrected chi connectivity index (χ2v) is 6.48. The first-order valence-corrected chi connectivity index (χ1v) is 8.42. The van der Waals surface area contributed by atoms with Gasteiger partial charge in [0, 0.05) is 25.2 Å². The number of carbonyl (C=O) groups excluding carboxylic acids is 2. The Balaban J connectivity index is 1.49. The van der Waals surface area contributed by atoms with Crippen LogP contribution in [-0.2, 0) is 22.6 Å². The molecule has 124 valence electrons. The number of para-hydroxylation sites is 1. The van der Waals surface area contributed by atoms with Gasteiger partial charge in [0.2, 0.25) is 11.8 Å². The zero-order valence-corrected chi connectivity index (χ0v) is 13.5. The molecule has 2 aromatic rings. The van der Waals surface area contributed by atoms with Crippen molar-refractivity contribution < 1.29 is 14.0 Å². The largest absolute Gasteiger partial charge is 0.467 e. The van der Waals surface area contributed by atoms with Crippen molar-refractivity contribution in [1.82, 2.24) is 4.90 Å². The third kappa shape index (κ3) is 2.70. The lowest BCUT2D eigenvalue weighted by Crippen LogP contribution is -2.40. The van der Waals surface area contributed by atoms with Crippen LogP contribution >= 0.6 is 0 Å². The fraction of sp³-hybridized carbons (Fsp3) is 0.368. The molecular formula is C19H20N2O3. The maximum Gasteiger partial charge on any atom is 0.232 e. The Bertz CT molecular complexity index is 754. The van der Waals surface area contributed by atoms with E-state index >= 15 is 0 Å². The molecule has 1 aromatic heterocycles. The van der Waals surface area contributed by atoms with Gasteiger partial charge in [0.1, 0.15) is 5.76 Å². The molecule has 0 spiro atoms. The number of furan rings is 1. The summed E-state index contributed by atoms with van der Waals surface area (Å²) >= 11 is 0. The molecule has 0 N–H and O–H groups in total. The molecule has 1 fully saturated rings. The predicted octanol–water partition coefficient (Wildman–Crippen LogP) is 2.61. The van der Waals surface area contributed by atoms with E-state index in [1.165, 1.54) is 5.56 Å². The Kier molecular flexibility index (Phi) is 3.84. The van der Waals surface area contributed by atoms with Crippen LogP contribution in [0, 0.1) is 5.92 Å². The average molecular weight is 324 g/mol. The monoisotopic (exact) mass is 324 g/mol. The number of hydrogen-bond acceptors (Lipinski definition) is 3. The van der Waals surface area contributed by atoms with Crippen LogP contribution in [-0.4, -0.2) is 29.8 Å². The van der Waals surface area contributed by atoms with Crippen molar-refractivity contribution in [3.05, 3.63) is 54.0 Å². The summed E-state index contributed by atoms with van der Waals surface area (Å²) in [4.78, 5) is 28.8. The zero-order chi connectivity index (χ0) is 16.5. The SMILES string of the molecule is O=C1C[C@@H](C(=O)N2CCCc3ccccc32)CN1Cc1ccco1. The lowest BCUT2D eigenvalue weighted by Gasteiger charge is -2.31. The van der Waals surface area contributed by atoms with Crippen LogP contribution in [0.5, 0.6) is 0 Å². The molecule has 1 aromatic carbocycles. The minimum Gasteiger partial charge on any atom is -0.467 e. The number of rotatable bonds is 3. The summed E-state index contributed by atoms with van der Waals surface area (Å²) in [6.07, 6.45) is 3.87. The summed E-state index contributed by atoms with van der Waals surface area (Å²) in [5.41, 5.74) is 2.22. The molecule has 2 aliphatic heterocycles. The predicted molar refractivity (Wildman–Crippen MR) is 89.3 cm³/mol. The smallest absolute Gasteiger partial charge is 0.232 e. The van der Waals surface area contributed by atoms with Crippen molar-refractivity contribution in [3.63, 3.8) is 0 Å². The Morgan fingerprint density at radius 3 is 2.92 bits per heavy atom. The Morgan fingerprint density at radius 2 is 2.08 bits per heavy atom. The first-order valence-electron chi connectivity index (χ1n) is 8.42. The van der Waals surface area contributed by atoms with Gasteiger partial charge < -0.3 is 14.2 Å². The first-order chi connectivity index (χ1) is 11.7. The van der Waals surface area contributed by atoms with E-state index in [0.717, 1.165) is 30.8 Å². The molecule has 2 aliphatic rings. The molecule has 24 heavy (non-hydrogen) atoms. The molecule has 2 amide bonds. The van der Waals surface area contributed by atoms with Crippen molar-refractivity contribution in [2.24, 2.45) is 5.92 Å². The Hall–Kier alpha value is -2.56. The van der Waals surface area contributed by atoms with Crippen LogP contribution in [0.4, 0.5) is 5.69 Å². The van der Waals surface area contributed by atoms with Crippen molar-refractivity contribution >= 4 is 17.5 Å². The third-order valence-electron chi connectivity index (χ3n) is 4.87. The van der Waals surface area contributed by atoms with E-state index in [1.807, 2.05) is 35.2 Å². The summed E-state index contributed by atoms with van der Waals surface area (Å²) in [5, 5.41) is 0. The van der Waals surface area contributed by atoms with Gasteiger partial charge in [-0.15, -0.1) is 0 Å². The van der Waals surface area contributed by atoms with Gasteiger partial charge in [-0.05, 0) is 36.6 Å². The molecule has 0 radical (unpaired) electrons. The van der Waals surface area contributed by atoms with E-state index in [-0.39, 0.29) is 24.2 Å². The lowest BCUT2D eigenvalue weighted by molar-refractivity contribution is -0.129. The summed E-state index contributed by atoms with van der Waals surface area (Å²) in [6, 6.07) is 11.7. The topological polar surface area (TPSA) is 53.8 Å². The maximum atomic E-state index is 13.0. The van der Waals surface area contributed by atoms with Gasteiger partial charge in [-0.1, -0.05) is 18.2 Å². The van der Waals surface area contributed by atoms with Crippen molar-refractivity contribution in [2.75, 3.05) is 18.0 Å². The van der Waals surface area contributed by atoms with Gasteiger partial charge in [0.15, 0.2) is 0 Å². The second-order valence-electron chi connectivity index (χ2n) is 6.48. The standard InChI is InChI=1S/C19H20N2O3/c22-18-11-15(12-20(18)13-16-7-4-10-24-16)19(23)21-9-3-6-14-5-1-2-8-17(14)21/h1-2,4-5,7-8,10,15H,3,6,9,11-13H2/t15-/m1/s1. The van der Waals surface area contributed by atoms with Crippen LogP contribution in [0.15, 0.2) is 47.1 Å². The normalized spacial score (nSPS) is 20.3. The van der Waals surface area contributed by atoms with Gasteiger partial charge >= 0.3 is 0 Å². The quantitative estimate of drug-likeness (QED) is 0.872. The molecule has 0 bridgehead atoms. The fourth-order valence-electron chi connectivity index (χ4n) is 3.66. The van der Waals surface area contributed by atoms with Gasteiger partial charge in [-0.3, -0.25) is 9.59 Å². The van der Waals surface area contributed by atoms with Crippen molar-refractivity contribution in [1.29, 1.82) is 0 Å². The summed E-state index contributed by atoms with van der Waals surface area (Å²) in [5.74, 6) is 0.575. The molecule has 5 nitrogen and oxygen atoms in total. The van der Waals surface area contributed by atoms with Crippen LogP contribution < -0.4 is 4.90 Å². The highest BCUT2D eigenvalue weighted by molar-refractivity contribution is 5.99. The van der Waals surface area contributed by atoms with Crippen molar-refractivity contribution in [2.45, 2.75) is 25.8 Å². The van der Waals surface area contributed by atoms with E-state index in [0.29, 0.717) is 13.1 Å². The minimum atomic E-state index is -0.265. The summed E-state index contributed by atoms with van der Waals surface area (Å²) in [6.45, 7) is 1.64. The van der Waals surface area contributed by atoms with E-state index < -0.39 is 0 Å². The zero-order valence-electron chi connectivity index (χ0n) is 13.5. The maximum absolute atomic E-state index is 13.0. The summed E-state index contributed by atoms with van der Waals surface area (Å²) < 4.78 is 5.31. The number of anilines is 1. The number of carbonyl (C=O) groups is 2. The molecule has 3 heterocycles. The van der Waals surface area contributed by atoms with Crippen LogP contribution in [0.25, 0.3) is 0 Å². The average Bonchev–Trinajstić information content (AvgIpc) is 3.24. The van der Waals surface area contributed by atoms with E-state index in [2.05, 4.69) is 6.07 Å². The van der Waals surface area contributed by atoms with Crippen LogP contribution in [0.3, 0.4) is 0 Å². The number of nitrogens with zero attached hydrogens (tertiary/aromatic N) is 2. The fourth-order valence-corrected chi connectivity index (χ4v) is 3.66. The molecule has 0 unspecified atom stereocenters. The Morgan fingerprint density at radius 1 is 1.21 bits per heavy atom. The third-order valence-corrected chi connectivity index (χ3v) is 4.87. The highest BCUT2D eigenvalue weighted by Crippen LogP contribution is 2.30. The second kappa shape index (κ2) is 6.15. The van der Waals surface area contributed by atoms with Gasteiger partial charge in [-0.25, -0.2) is 0 Å². The molecular weight excluding hydrogens is 304 g/mol. The van der Waals surface area contributed by atoms with Gasteiger partial charge in [0.05, 0.1) is 18.7 Å².